The number of nitrogens with one attached hydrogen (secondary N) is 2. The first-order valence-corrected chi connectivity index (χ1v) is 11.0. The molecule has 0 saturated carbocycles. The molecular weight excluding hydrogens is 386 g/mol. The predicted octanol–water partition coefficient (Wildman–Crippen LogP) is 3.38. The fourth-order valence-electron chi connectivity index (χ4n) is 4.00. The Morgan fingerprint density at radius 2 is 1.93 bits per heavy atom. The monoisotopic (exact) mass is 413 g/mol. The third-order valence-electron chi connectivity index (χ3n) is 5.50. The summed E-state index contributed by atoms with van der Waals surface area (Å²) < 4.78 is 5.34. The van der Waals surface area contributed by atoms with Crippen molar-refractivity contribution in [3.05, 3.63) is 45.3 Å². The Labute approximate surface area is 175 Å². The molecule has 2 amide bonds. The molecule has 0 spiro atoms. The van der Waals surface area contributed by atoms with E-state index < -0.39 is 0 Å². The summed E-state index contributed by atoms with van der Waals surface area (Å²) in [6.45, 7) is 7.18. The van der Waals surface area contributed by atoms with Crippen molar-refractivity contribution in [3.63, 3.8) is 0 Å². The molecule has 6 nitrogen and oxygen atoms in total. The molecule has 2 N–H and O–H groups in total. The van der Waals surface area contributed by atoms with Crippen LogP contribution in [0.4, 0.5) is 10.7 Å². The van der Waals surface area contributed by atoms with E-state index in [-0.39, 0.29) is 11.8 Å². The van der Waals surface area contributed by atoms with Crippen LogP contribution in [0.1, 0.15) is 38.3 Å². The van der Waals surface area contributed by atoms with Gasteiger partial charge in [-0.3, -0.25) is 14.5 Å². The van der Waals surface area contributed by atoms with Crippen LogP contribution in [0.15, 0.2) is 18.2 Å². The van der Waals surface area contributed by atoms with Crippen LogP contribution in [-0.2, 0) is 22.4 Å². The molecule has 2 aromatic rings. The standard InChI is InChI=1S/C22H27N3O3S/c1-14-6-7-17(15(2)12-14)23-21(27)20-16-4-3-5-18(16)29-22(20)24-19(26)13-25-8-10-28-11-9-25/h6-7,12H,3-5,8-11,13H2,1-2H3,(H,23,27)(H,24,26). The van der Waals surface area contributed by atoms with Gasteiger partial charge in [-0.15, -0.1) is 11.3 Å². The number of nitrogens with zero attached hydrogens (tertiary/aromatic N) is 1. The molecule has 1 fully saturated rings. The first-order chi connectivity index (χ1) is 14.0. The highest BCUT2D eigenvalue weighted by Gasteiger charge is 2.28. The van der Waals surface area contributed by atoms with E-state index in [1.54, 1.807) is 11.3 Å². The minimum atomic E-state index is -0.141. The number of amides is 2. The minimum Gasteiger partial charge on any atom is -0.379 e. The highest BCUT2D eigenvalue weighted by Crippen LogP contribution is 2.39. The van der Waals surface area contributed by atoms with Crippen molar-refractivity contribution in [2.24, 2.45) is 0 Å². The molecule has 1 aromatic carbocycles. The van der Waals surface area contributed by atoms with Crippen molar-refractivity contribution in [1.29, 1.82) is 0 Å². The third kappa shape index (κ3) is 4.52. The lowest BCUT2D eigenvalue weighted by Gasteiger charge is -2.25. The molecule has 29 heavy (non-hydrogen) atoms. The highest BCUT2D eigenvalue weighted by atomic mass is 32.1. The highest BCUT2D eigenvalue weighted by molar-refractivity contribution is 7.17. The summed E-state index contributed by atoms with van der Waals surface area (Å²) in [5.41, 5.74) is 4.73. The molecular formula is C22H27N3O3S. The normalized spacial score (nSPS) is 16.5. The number of carbonyl (C=O) groups is 2. The molecule has 1 aliphatic heterocycles. The number of morpholine rings is 1. The van der Waals surface area contributed by atoms with Gasteiger partial charge in [-0.25, -0.2) is 0 Å². The van der Waals surface area contributed by atoms with E-state index in [0.717, 1.165) is 54.7 Å². The smallest absolute Gasteiger partial charge is 0.258 e. The first-order valence-electron chi connectivity index (χ1n) is 10.1. The SMILES string of the molecule is Cc1ccc(NC(=O)c2c(NC(=O)CN3CCOCC3)sc3c2CCC3)c(C)c1. The number of hydrogen-bond acceptors (Lipinski definition) is 5. The summed E-state index contributed by atoms with van der Waals surface area (Å²) in [6.07, 6.45) is 2.93. The molecule has 0 unspecified atom stereocenters. The van der Waals surface area contributed by atoms with Gasteiger partial charge >= 0.3 is 0 Å². The van der Waals surface area contributed by atoms with Crippen LogP contribution < -0.4 is 10.6 Å². The van der Waals surface area contributed by atoms with Gasteiger partial charge in [-0.1, -0.05) is 17.7 Å². The second kappa shape index (κ2) is 8.65. The topological polar surface area (TPSA) is 70.7 Å². The van der Waals surface area contributed by atoms with E-state index in [0.29, 0.717) is 30.3 Å². The van der Waals surface area contributed by atoms with Gasteiger partial charge in [0.15, 0.2) is 0 Å². The summed E-state index contributed by atoms with van der Waals surface area (Å²) in [4.78, 5) is 29.1. The molecule has 1 saturated heterocycles. The van der Waals surface area contributed by atoms with Gasteiger partial charge in [0.1, 0.15) is 5.00 Å². The number of carbonyl (C=O) groups excluding carboxylic acids is 2. The van der Waals surface area contributed by atoms with E-state index in [4.69, 9.17) is 4.74 Å². The predicted molar refractivity (Wildman–Crippen MR) is 116 cm³/mol. The second-order valence-corrected chi connectivity index (χ2v) is 8.88. The van der Waals surface area contributed by atoms with Gasteiger partial charge in [0.25, 0.3) is 5.91 Å². The summed E-state index contributed by atoms with van der Waals surface area (Å²) in [6, 6.07) is 5.98. The zero-order valence-corrected chi connectivity index (χ0v) is 17.8. The van der Waals surface area contributed by atoms with Gasteiger partial charge in [0.05, 0.1) is 25.3 Å². The van der Waals surface area contributed by atoms with E-state index in [2.05, 4.69) is 21.6 Å². The molecule has 2 aliphatic rings. The zero-order chi connectivity index (χ0) is 20.4. The molecule has 154 valence electrons. The van der Waals surface area contributed by atoms with Crippen molar-refractivity contribution in [3.8, 4) is 0 Å². The number of thiophene rings is 1. The van der Waals surface area contributed by atoms with Crippen LogP contribution in [0.5, 0.6) is 0 Å². The average molecular weight is 414 g/mol. The van der Waals surface area contributed by atoms with Crippen molar-refractivity contribution in [1.82, 2.24) is 4.90 Å². The van der Waals surface area contributed by atoms with Crippen LogP contribution in [0.2, 0.25) is 0 Å². The Morgan fingerprint density at radius 3 is 2.69 bits per heavy atom. The Morgan fingerprint density at radius 1 is 1.14 bits per heavy atom. The van der Waals surface area contributed by atoms with Gasteiger partial charge in [-0.2, -0.15) is 0 Å². The zero-order valence-electron chi connectivity index (χ0n) is 17.0. The lowest BCUT2D eigenvalue weighted by atomic mass is 10.1. The maximum Gasteiger partial charge on any atom is 0.258 e. The lowest BCUT2D eigenvalue weighted by molar-refractivity contribution is -0.118. The van der Waals surface area contributed by atoms with Crippen molar-refractivity contribution in [2.75, 3.05) is 43.5 Å². The van der Waals surface area contributed by atoms with Crippen LogP contribution in [0.3, 0.4) is 0 Å². The lowest BCUT2D eigenvalue weighted by Crippen LogP contribution is -2.41. The molecule has 1 aromatic heterocycles. The summed E-state index contributed by atoms with van der Waals surface area (Å²) in [7, 11) is 0. The van der Waals surface area contributed by atoms with E-state index in [1.807, 2.05) is 26.0 Å². The van der Waals surface area contributed by atoms with E-state index in [1.165, 1.54) is 4.88 Å². The summed E-state index contributed by atoms with van der Waals surface area (Å²) in [5.74, 6) is -0.217. The van der Waals surface area contributed by atoms with Crippen LogP contribution >= 0.6 is 11.3 Å². The van der Waals surface area contributed by atoms with Crippen LogP contribution in [0.25, 0.3) is 0 Å². The van der Waals surface area contributed by atoms with Crippen LogP contribution in [0, 0.1) is 13.8 Å². The first kappa shape index (κ1) is 20.1. The number of aryl methyl sites for hydroxylation is 3. The molecule has 0 bridgehead atoms. The van der Waals surface area contributed by atoms with E-state index >= 15 is 0 Å². The molecule has 1 aliphatic carbocycles. The molecule has 2 heterocycles. The minimum absolute atomic E-state index is 0.0765. The number of fused-ring (bicyclic) bond motifs is 1. The van der Waals surface area contributed by atoms with Crippen molar-refractivity contribution in [2.45, 2.75) is 33.1 Å². The largest absolute Gasteiger partial charge is 0.379 e. The fraction of sp³-hybridized carbons (Fsp3) is 0.455. The van der Waals surface area contributed by atoms with Gasteiger partial charge in [0, 0.05) is 23.7 Å². The number of benzene rings is 1. The van der Waals surface area contributed by atoms with Crippen LogP contribution in [-0.4, -0.2) is 49.6 Å². The summed E-state index contributed by atoms with van der Waals surface area (Å²) >= 11 is 1.55. The second-order valence-electron chi connectivity index (χ2n) is 7.77. The van der Waals surface area contributed by atoms with Gasteiger partial charge < -0.3 is 15.4 Å². The molecule has 7 heteroatoms. The quantitative estimate of drug-likeness (QED) is 0.788. The number of anilines is 2. The Kier molecular flexibility index (Phi) is 5.99. The Balaban J connectivity index is 1.52. The van der Waals surface area contributed by atoms with Crippen molar-refractivity contribution < 1.29 is 14.3 Å². The molecule has 4 rings (SSSR count). The molecule has 0 atom stereocenters. The number of hydrogen-bond donors (Lipinski definition) is 2. The fourth-order valence-corrected chi connectivity index (χ4v) is 5.30. The molecule has 0 radical (unpaired) electrons. The maximum absolute atomic E-state index is 13.2. The third-order valence-corrected chi connectivity index (χ3v) is 6.71. The average Bonchev–Trinajstić information content (AvgIpc) is 3.25. The number of ether oxygens (including phenoxy) is 1. The van der Waals surface area contributed by atoms with Gasteiger partial charge in [-0.05, 0) is 50.3 Å². The van der Waals surface area contributed by atoms with Crippen molar-refractivity contribution >= 4 is 33.8 Å². The Hall–Kier alpha value is -2.22. The maximum atomic E-state index is 13.2. The number of rotatable bonds is 5. The van der Waals surface area contributed by atoms with Gasteiger partial charge in [0.2, 0.25) is 5.91 Å². The summed E-state index contributed by atoms with van der Waals surface area (Å²) in [5, 5.41) is 6.74. The van der Waals surface area contributed by atoms with E-state index in [9.17, 15) is 9.59 Å². The Bertz CT molecular complexity index is 932.